The van der Waals surface area contributed by atoms with Crippen LogP contribution >= 0.6 is 11.3 Å². The van der Waals surface area contributed by atoms with Crippen LogP contribution in [0.5, 0.6) is 0 Å². The Labute approximate surface area is 129 Å². The minimum absolute atomic E-state index is 0.434. The van der Waals surface area contributed by atoms with Crippen LogP contribution in [0.4, 0.5) is 0 Å². The largest absolute Gasteiger partial charge is 0.304 e. The molecule has 3 nitrogen and oxygen atoms in total. The van der Waals surface area contributed by atoms with E-state index in [0.29, 0.717) is 6.04 Å². The number of aromatic nitrogens is 2. The third kappa shape index (κ3) is 3.01. The van der Waals surface area contributed by atoms with Crippen LogP contribution < -0.4 is 5.32 Å². The molecule has 1 atom stereocenters. The average molecular weight is 299 g/mol. The highest BCUT2D eigenvalue weighted by Crippen LogP contribution is 2.24. The number of thiophene rings is 1. The predicted octanol–water partition coefficient (Wildman–Crippen LogP) is 4.34. The zero-order chi connectivity index (χ0) is 14.7. The van der Waals surface area contributed by atoms with Gasteiger partial charge in [-0.05, 0) is 36.9 Å². The minimum Gasteiger partial charge on any atom is -0.304 e. The van der Waals surface area contributed by atoms with E-state index in [-0.39, 0.29) is 0 Å². The maximum atomic E-state index is 4.63. The number of aryl methyl sites for hydroxylation is 1. The van der Waals surface area contributed by atoms with Gasteiger partial charge in [-0.15, -0.1) is 11.3 Å². The number of rotatable bonds is 6. The molecular weight excluding hydrogens is 278 g/mol. The molecule has 1 N–H and O–H groups in total. The molecule has 3 aromatic rings. The number of fused-ring (bicyclic) bond motifs is 1. The lowest BCUT2D eigenvalue weighted by Gasteiger charge is -2.17. The molecule has 0 aromatic carbocycles. The van der Waals surface area contributed by atoms with E-state index in [1.54, 1.807) is 0 Å². The molecule has 1 unspecified atom stereocenters. The molecule has 0 aliphatic carbocycles. The van der Waals surface area contributed by atoms with Crippen LogP contribution in [-0.4, -0.2) is 9.38 Å². The molecule has 21 heavy (non-hydrogen) atoms. The monoisotopic (exact) mass is 299 g/mol. The topological polar surface area (TPSA) is 29.3 Å². The van der Waals surface area contributed by atoms with Crippen LogP contribution in [0.25, 0.3) is 5.65 Å². The maximum absolute atomic E-state index is 4.63. The number of nitrogens with one attached hydrogen (secondary N) is 1. The minimum atomic E-state index is 0.434. The molecule has 3 rings (SSSR count). The fourth-order valence-corrected chi connectivity index (χ4v) is 3.56. The zero-order valence-corrected chi connectivity index (χ0v) is 13.4. The molecule has 3 aromatic heterocycles. The number of pyridine rings is 1. The Kier molecular flexibility index (Phi) is 4.36. The molecule has 0 amide bonds. The van der Waals surface area contributed by atoms with Gasteiger partial charge in [-0.1, -0.05) is 25.5 Å². The zero-order valence-electron chi connectivity index (χ0n) is 12.5. The summed E-state index contributed by atoms with van der Waals surface area (Å²) in [6, 6.07) is 10.9. The van der Waals surface area contributed by atoms with Crippen LogP contribution in [0.2, 0.25) is 0 Å². The smallest absolute Gasteiger partial charge is 0.137 e. The van der Waals surface area contributed by atoms with Crippen molar-refractivity contribution < 1.29 is 0 Å². The summed E-state index contributed by atoms with van der Waals surface area (Å²) >= 11 is 1.83. The van der Waals surface area contributed by atoms with Gasteiger partial charge in [-0.2, -0.15) is 0 Å². The highest BCUT2D eigenvalue weighted by molar-refractivity contribution is 7.10. The van der Waals surface area contributed by atoms with Crippen LogP contribution in [-0.2, 0) is 6.54 Å². The molecule has 110 valence electrons. The second-order valence-electron chi connectivity index (χ2n) is 5.31. The van der Waals surface area contributed by atoms with Gasteiger partial charge in [0, 0.05) is 23.7 Å². The average Bonchev–Trinajstić information content (AvgIpc) is 3.11. The lowest BCUT2D eigenvalue weighted by molar-refractivity contribution is 0.494. The van der Waals surface area contributed by atoms with Crippen molar-refractivity contribution in [1.82, 2.24) is 14.7 Å². The fourth-order valence-electron chi connectivity index (χ4n) is 2.72. The van der Waals surface area contributed by atoms with E-state index in [1.807, 2.05) is 17.4 Å². The first-order valence-electron chi connectivity index (χ1n) is 7.49. The van der Waals surface area contributed by atoms with Crippen molar-refractivity contribution in [1.29, 1.82) is 0 Å². The summed E-state index contributed by atoms with van der Waals surface area (Å²) in [6.07, 6.45) is 4.43. The van der Waals surface area contributed by atoms with Crippen molar-refractivity contribution in [2.24, 2.45) is 0 Å². The van der Waals surface area contributed by atoms with E-state index < -0.39 is 0 Å². The van der Waals surface area contributed by atoms with E-state index in [1.165, 1.54) is 17.0 Å². The molecule has 0 aliphatic rings. The van der Waals surface area contributed by atoms with E-state index >= 15 is 0 Å². The Morgan fingerprint density at radius 3 is 2.95 bits per heavy atom. The summed E-state index contributed by atoms with van der Waals surface area (Å²) in [4.78, 5) is 6.05. The molecule has 0 bridgehead atoms. The predicted molar refractivity (Wildman–Crippen MR) is 88.7 cm³/mol. The molecule has 0 spiro atoms. The molecular formula is C17H21N3S. The van der Waals surface area contributed by atoms with Crippen molar-refractivity contribution >= 4 is 17.0 Å². The molecule has 0 radical (unpaired) electrons. The Morgan fingerprint density at radius 2 is 2.19 bits per heavy atom. The summed E-state index contributed by atoms with van der Waals surface area (Å²) < 4.78 is 2.18. The van der Waals surface area contributed by atoms with Gasteiger partial charge in [0.1, 0.15) is 5.65 Å². The molecule has 0 fully saturated rings. The normalized spacial score (nSPS) is 12.9. The fraction of sp³-hybridized carbons (Fsp3) is 0.353. The second kappa shape index (κ2) is 6.41. The van der Waals surface area contributed by atoms with Crippen LogP contribution in [0.15, 0.2) is 41.9 Å². The molecule has 0 aliphatic heterocycles. The number of hydrogen-bond donors (Lipinski definition) is 1. The Balaban J connectivity index is 1.80. The SMILES string of the molecule is CCCC(NCc1c(C)nc2ccccn12)c1cccs1. The van der Waals surface area contributed by atoms with Gasteiger partial charge < -0.3 is 9.72 Å². The molecule has 0 saturated carbocycles. The van der Waals surface area contributed by atoms with Gasteiger partial charge in [0.15, 0.2) is 0 Å². The standard InChI is InChI=1S/C17H21N3S/c1-3-7-14(16-8-6-11-21-16)18-12-15-13(2)19-17-9-4-5-10-20(15)17/h4-6,8-11,14,18H,3,7,12H2,1-2H3. The van der Waals surface area contributed by atoms with Crippen molar-refractivity contribution in [3.8, 4) is 0 Å². The molecule has 0 saturated heterocycles. The summed E-state index contributed by atoms with van der Waals surface area (Å²) in [5, 5.41) is 5.86. The first-order valence-corrected chi connectivity index (χ1v) is 8.37. The number of imidazole rings is 1. The van der Waals surface area contributed by atoms with Gasteiger partial charge in [-0.25, -0.2) is 4.98 Å². The highest BCUT2D eigenvalue weighted by atomic mass is 32.1. The van der Waals surface area contributed by atoms with Crippen molar-refractivity contribution in [2.75, 3.05) is 0 Å². The van der Waals surface area contributed by atoms with Crippen LogP contribution in [0.1, 0.15) is 42.1 Å². The lowest BCUT2D eigenvalue weighted by atomic mass is 10.1. The Hall–Kier alpha value is -1.65. The third-order valence-electron chi connectivity index (χ3n) is 3.81. The molecule has 3 heterocycles. The first-order chi connectivity index (χ1) is 10.3. The van der Waals surface area contributed by atoms with Crippen molar-refractivity contribution in [2.45, 2.75) is 39.3 Å². The van der Waals surface area contributed by atoms with Gasteiger partial charge in [-0.3, -0.25) is 0 Å². The van der Waals surface area contributed by atoms with Gasteiger partial charge in [0.25, 0.3) is 0 Å². The summed E-state index contributed by atoms with van der Waals surface area (Å²) in [6.45, 7) is 5.17. The lowest BCUT2D eigenvalue weighted by Crippen LogP contribution is -2.21. The highest BCUT2D eigenvalue weighted by Gasteiger charge is 2.14. The van der Waals surface area contributed by atoms with Crippen LogP contribution in [0, 0.1) is 6.92 Å². The summed E-state index contributed by atoms with van der Waals surface area (Å²) in [5.74, 6) is 0. The van der Waals surface area contributed by atoms with Crippen molar-refractivity contribution in [3.63, 3.8) is 0 Å². The molecule has 4 heteroatoms. The van der Waals surface area contributed by atoms with Gasteiger partial charge >= 0.3 is 0 Å². The van der Waals surface area contributed by atoms with Gasteiger partial charge in [0.2, 0.25) is 0 Å². The van der Waals surface area contributed by atoms with Gasteiger partial charge in [0.05, 0.1) is 11.4 Å². The van der Waals surface area contributed by atoms with Crippen molar-refractivity contribution in [3.05, 3.63) is 58.2 Å². The van der Waals surface area contributed by atoms with E-state index in [9.17, 15) is 0 Å². The van der Waals surface area contributed by atoms with E-state index in [2.05, 4.69) is 64.4 Å². The number of hydrogen-bond acceptors (Lipinski definition) is 3. The summed E-state index contributed by atoms with van der Waals surface area (Å²) in [7, 11) is 0. The quantitative estimate of drug-likeness (QED) is 0.734. The van der Waals surface area contributed by atoms with E-state index in [0.717, 1.165) is 24.3 Å². The van der Waals surface area contributed by atoms with E-state index in [4.69, 9.17) is 0 Å². The Bertz CT molecular complexity index is 700. The second-order valence-corrected chi connectivity index (χ2v) is 6.29. The summed E-state index contributed by atoms with van der Waals surface area (Å²) in [5.41, 5.74) is 3.38. The Morgan fingerprint density at radius 1 is 1.29 bits per heavy atom. The maximum Gasteiger partial charge on any atom is 0.137 e. The first kappa shape index (κ1) is 14.3. The van der Waals surface area contributed by atoms with Crippen LogP contribution in [0.3, 0.4) is 0 Å². The third-order valence-corrected chi connectivity index (χ3v) is 4.79. The number of nitrogens with zero attached hydrogens (tertiary/aromatic N) is 2.